The number of rotatable bonds is 8. The van der Waals surface area contributed by atoms with E-state index in [9.17, 15) is 4.79 Å². The van der Waals surface area contributed by atoms with Crippen LogP contribution >= 0.6 is 0 Å². The number of hydrogen-bond acceptors (Lipinski definition) is 2. The first-order valence-corrected chi connectivity index (χ1v) is 7.00. The fourth-order valence-electron chi connectivity index (χ4n) is 2.02. The summed E-state index contributed by atoms with van der Waals surface area (Å²) in [6.07, 6.45) is 1.22. The highest BCUT2D eigenvalue weighted by atomic mass is 16.4. The van der Waals surface area contributed by atoms with E-state index in [1.165, 1.54) is 11.1 Å². The number of aliphatic carboxylic acids is 1. The van der Waals surface area contributed by atoms with Gasteiger partial charge in [-0.25, -0.2) is 0 Å². The van der Waals surface area contributed by atoms with Crippen molar-refractivity contribution in [2.45, 2.75) is 39.5 Å². The Labute approximate surface area is 116 Å². The van der Waals surface area contributed by atoms with Crippen LogP contribution in [0.4, 0.5) is 0 Å². The van der Waals surface area contributed by atoms with Gasteiger partial charge < -0.3 is 10.4 Å². The van der Waals surface area contributed by atoms with Crippen LogP contribution in [0, 0.1) is 5.92 Å². The second-order valence-electron chi connectivity index (χ2n) is 5.55. The maximum Gasteiger partial charge on any atom is 0.303 e. The number of carboxylic acids is 1. The number of carboxylic acid groups (broad SMARTS) is 1. The molecule has 0 fully saturated rings. The van der Waals surface area contributed by atoms with E-state index < -0.39 is 5.97 Å². The lowest BCUT2D eigenvalue weighted by atomic mass is 10.0. The monoisotopic (exact) mass is 263 g/mol. The average molecular weight is 263 g/mol. The first-order chi connectivity index (χ1) is 8.99. The summed E-state index contributed by atoms with van der Waals surface area (Å²) < 4.78 is 0. The Morgan fingerprint density at radius 2 is 1.84 bits per heavy atom. The number of benzene rings is 1. The Kier molecular flexibility index (Phi) is 6.57. The third kappa shape index (κ3) is 6.39. The summed E-state index contributed by atoms with van der Waals surface area (Å²) in [5.41, 5.74) is 2.69. The van der Waals surface area contributed by atoms with E-state index in [0.29, 0.717) is 5.92 Å². The zero-order valence-corrected chi connectivity index (χ0v) is 12.1. The summed E-state index contributed by atoms with van der Waals surface area (Å²) in [5, 5.41) is 12.0. The van der Waals surface area contributed by atoms with Gasteiger partial charge in [0, 0.05) is 6.42 Å². The van der Waals surface area contributed by atoms with Crippen molar-refractivity contribution in [3.05, 3.63) is 35.4 Å². The molecule has 0 radical (unpaired) electrons. The van der Waals surface area contributed by atoms with Gasteiger partial charge in [-0.15, -0.1) is 0 Å². The Hall–Kier alpha value is -1.35. The van der Waals surface area contributed by atoms with Crippen LogP contribution in [-0.2, 0) is 11.2 Å². The van der Waals surface area contributed by atoms with E-state index >= 15 is 0 Å². The van der Waals surface area contributed by atoms with Gasteiger partial charge in [0.15, 0.2) is 0 Å². The number of nitrogens with one attached hydrogen (secondary N) is 1. The highest BCUT2D eigenvalue weighted by Crippen LogP contribution is 2.14. The summed E-state index contributed by atoms with van der Waals surface area (Å²) in [7, 11) is 0. The van der Waals surface area contributed by atoms with Crippen molar-refractivity contribution in [3.63, 3.8) is 0 Å². The van der Waals surface area contributed by atoms with E-state index in [4.69, 9.17) is 5.11 Å². The molecule has 0 aromatic heterocycles. The van der Waals surface area contributed by atoms with Gasteiger partial charge in [-0.1, -0.05) is 45.0 Å². The van der Waals surface area contributed by atoms with E-state index in [1.807, 2.05) is 6.92 Å². The smallest absolute Gasteiger partial charge is 0.303 e. The molecule has 0 aliphatic carbocycles. The molecule has 1 aromatic rings. The topological polar surface area (TPSA) is 49.3 Å². The van der Waals surface area contributed by atoms with Crippen LogP contribution in [-0.4, -0.2) is 24.2 Å². The molecule has 2 N–H and O–H groups in total. The molecule has 1 rings (SSSR count). The van der Waals surface area contributed by atoms with E-state index in [2.05, 4.69) is 43.4 Å². The van der Waals surface area contributed by atoms with Crippen LogP contribution in [0.5, 0.6) is 0 Å². The van der Waals surface area contributed by atoms with Gasteiger partial charge in [0.1, 0.15) is 0 Å². The van der Waals surface area contributed by atoms with Crippen LogP contribution in [0.1, 0.15) is 44.2 Å². The number of carbonyl (C=O) groups is 1. The molecule has 1 unspecified atom stereocenters. The minimum atomic E-state index is -0.724. The second-order valence-corrected chi connectivity index (χ2v) is 5.55. The van der Waals surface area contributed by atoms with Gasteiger partial charge >= 0.3 is 5.97 Å². The summed E-state index contributed by atoms with van der Waals surface area (Å²) in [6, 6.07) is 8.73. The molecule has 3 heteroatoms. The van der Waals surface area contributed by atoms with Crippen molar-refractivity contribution >= 4 is 5.97 Å². The van der Waals surface area contributed by atoms with Gasteiger partial charge in [0.2, 0.25) is 0 Å². The predicted octanol–water partition coefficient (Wildman–Crippen LogP) is 3.05. The third-order valence-electron chi connectivity index (χ3n) is 3.25. The van der Waals surface area contributed by atoms with Crippen LogP contribution in [0.25, 0.3) is 0 Å². The van der Waals surface area contributed by atoms with E-state index in [0.717, 1.165) is 19.5 Å². The molecule has 1 aromatic carbocycles. The lowest BCUT2D eigenvalue weighted by molar-refractivity contribution is -0.137. The highest BCUT2D eigenvalue weighted by molar-refractivity contribution is 5.66. The van der Waals surface area contributed by atoms with E-state index in [1.54, 1.807) is 0 Å². The minimum absolute atomic E-state index is 0.181. The fraction of sp³-hybridized carbons (Fsp3) is 0.562. The van der Waals surface area contributed by atoms with Crippen LogP contribution in [0.3, 0.4) is 0 Å². The maximum absolute atomic E-state index is 10.5. The summed E-state index contributed by atoms with van der Waals surface area (Å²) in [5.74, 6) is 0.0310. The summed E-state index contributed by atoms with van der Waals surface area (Å²) >= 11 is 0. The van der Waals surface area contributed by atoms with Gasteiger partial charge in [0.25, 0.3) is 0 Å². The zero-order chi connectivity index (χ0) is 14.3. The van der Waals surface area contributed by atoms with Gasteiger partial charge in [0.05, 0.1) is 0 Å². The second kappa shape index (κ2) is 7.95. The third-order valence-corrected chi connectivity index (χ3v) is 3.25. The normalized spacial score (nSPS) is 12.6. The van der Waals surface area contributed by atoms with Crippen molar-refractivity contribution in [2.24, 2.45) is 5.92 Å². The standard InChI is InChI=1S/C16H25NO2/c1-12(2)15-6-4-14(5-7-15)8-9-17-11-13(3)10-16(18)19/h4-7,12-13,17H,8-11H2,1-3H3,(H,18,19). The Balaban J connectivity index is 2.24. The number of hydrogen-bond donors (Lipinski definition) is 2. The lowest BCUT2D eigenvalue weighted by Crippen LogP contribution is -2.24. The molecule has 0 aliphatic rings. The van der Waals surface area contributed by atoms with Gasteiger partial charge in [-0.3, -0.25) is 4.79 Å². The molecule has 0 saturated heterocycles. The summed E-state index contributed by atoms with van der Waals surface area (Å²) in [6.45, 7) is 8.00. The fourth-order valence-corrected chi connectivity index (χ4v) is 2.02. The average Bonchev–Trinajstić information content (AvgIpc) is 2.34. The lowest BCUT2D eigenvalue weighted by Gasteiger charge is -2.11. The molecule has 3 nitrogen and oxygen atoms in total. The first-order valence-electron chi connectivity index (χ1n) is 7.00. The molecule has 0 aliphatic heterocycles. The van der Waals surface area contributed by atoms with Crippen molar-refractivity contribution in [1.82, 2.24) is 5.32 Å². The highest BCUT2D eigenvalue weighted by Gasteiger charge is 2.06. The maximum atomic E-state index is 10.5. The molecule has 0 saturated carbocycles. The van der Waals surface area contributed by atoms with Crippen molar-refractivity contribution < 1.29 is 9.90 Å². The van der Waals surface area contributed by atoms with Crippen LogP contribution in [0.15, 0.2) is 24.3 Å². The first kappa shape index (κ1) is 15.7. The Morgan fingerprint density at radius 3 is 2.37 bits per heavy atom. The zero-order valence-electron chi connectivity index (χ0n) is 12.1. The van der Waals surface area contributed by atoms with Gasteiger partial charge in [-0.2, -0.15) is 0 Å². The van der Waals surface area contributed by atoms with Crippen molar-refractivity contribution in [3.8, 4) is 0 Å². The molecule has 0 heterocycles. The van der Waals surface area contributed by atoms with Crippen molar-refractivity contribution in [1.29, 1.82) is 0 Å². The van der Waals surface area contributed by atoms with E-state index in [-0.39, 0.29) is 12.3 Å². The molecular weight excluding hydrogens is 238 g/mol. The molecule has 0 amide bonds. The van der Waals surface area contributed by atoms with Crippen LogP contribution < -0.4 is 5.32 Å². The predicted molar refractivity (Wildman–Crippen MR) is 78.5 cm³/mol. The quantitative estimate of drug-likeness (QED) is 0.709. The van der Waals surface area contributed by atoms with Gasteiger partial charge in [-0.05, 0) is 42.5 Å². The molecule has 0 bridgehead atoms. The Morgan fingerprint density at radius 1 is 1.21 bits per heavy atom. The molecule has 1 atom stereocenters. The SMILES string of the molecule is CC(CNCCc1ccc(C(C)C)cc1)CC(=O)O. The summed E-state index contributed by atoms with van der Waals surface area (Å²) in [4.78, 5) is 10.5. The Bertz CT molecular complexity index is 384. The molecular formula is C16H25NO2. The molecule has 106 valence electrons. The molecule has 19 heavy (non-hydrogen) atoms. The molecule has 0 spiro atoms. The van der Waals surface area contributed by atoms with Crippen LogP contribution in [0.2, 0.25) is 0 Å². The largest absolute Gasteiger partial charge is 0.481 e. The minimum Gasteiger partial charge on any atom is -0.481 e. The van der Waals surface area contributed by atoms with Crippen molar-refractivity contribution in [2.75, 3.05) is 13.1 Å².